The molecule has 15 heavy (non-hydrogen) atoms. The molecule has 88 valence electrons. The lowest BCUT2D eigenvalue weighted by atomic mass is 9.95. The lowest BCUT2D eigenvalue weighted by Gasteiger charge is -2.32. The summed E-state index contributed by atoms with van der Waals surface area (Å²) in [5.74, 6) is 0.386. The number of nitrogens with zero attached hydrogens (tertiary/aromatic N) is 1. The second kappa shape index (κ2) is 4.49. The molecule has 2 unspecified atom stereocenters. The minimum absolute atomic E-state index is 0.0227. The molecule has 0 aromatic rings. The molecule has 0 spiro atoms. The molecular weight excluding hydrogens is 192 g/mol. The van der Waals surface area contributed by atoms with Crippen LogP contribution in [0.15, 0.2) is 0 Å². The smallest absolute Gasteiger partial charge is 0.242 e. The monoisotopic (exact) mass is 214 g/mol. The van der Waals surface area contributed by atoms with Crippen LogP contribution in [0.5, 0.6) is 0 Å². The van der Waals surface area contributed by atoms with E-state index in [2.05, 4.69) is 0 Å². The molecule has 2 N–H and O–H groups in total. The third-order valence-electron chi connectivity index (χ3n) is 3.28. The number of ether oxygens (including phenoxy) is 1. The quantitative estimate of drug-likeness (QED) is 0.729. The van der Waals surface area contributed by atoms with Gasteiger partial charge in [0.2, 0.25) is 5.91 Å². The van der Waals surface area contributed by atoms with E-state index in [1.807, 2.05) is 13.8 Å². The van der Waals surface area contributed by atoms with Gasteiger partial charge in [-0.05, 0) is 32.6 Å². The molecule has 1 aliphatic carbocycles. The number of rotatable bonds is 5. The normalized spacial score (nSPS) is 21.9. The van der Waals surface area contributed by atoms with Crippen LogP contribution in [0.4, 0.5) is 0 Å². The van der Waals surface area contributed by atoms with Crippen LogP contribution in [0.2, 0.25) is 0 Å². The molecule has 4 heteroatoms. The summed E-state index contributed by atoms with van der Waals surface area (Å²) in [5.41, 5.74) is 5.37. The van der Waals surface area contributed by atoms with Crippen molar-refractivity contribution in [3.05, 3.63) is 0 Å². The Morgan fingerprint density at radius 3 is 2.60 bits per heavy atom. The zero-order valence-corrected chi connectivity index (χ0v) is 10.1. The maximum atomic E-state index is 12.1. The molecule has 0 heterocycles. The average molecular weight is 214 g/mol. The van der Waals surface area contributed by atoms with E-state index in [0.29, 0.717) is 12.5 Å². The van der Waals surface area contributed by atoms with Gasteiger partial charge >= 0.3 is 0 Å². The zero-order valence-electron chi connectivity index (χ0n) is 10.1. The number of carbonyl (C=O) groups excluding carboxylic acids is 1. The lowest BCUT2D eigenvalue weighted by Crippen LogP contribution is -2.56. The van der Waals surface area contributed by atoms with E-state index in [-0.39, 0.29) is 11.9 Å². The van der Waals surface area contributed by atoms with Gasteiger partial charge in [0.25, 0.3) is 0 Å². The van der Waals surface area contributed by atoms with Crippen molar-refractivity contribution in [1.29, 1.82) is 0 Å². The van der Waals surface area contributed by atoms with Crippen LogP contribution in [-0.2, 0) is 9.53 Å². The van der Waals surface area contributed by atoms with Gasteiger partial charge in [0, 0.05) is 14.2 Å². The molecule has 0 saturated heterocycles. The van der Waals surface area contributed by atoms with Crippen molar-refractivity contribution in [2.75, 3.05) is 20.8 Å². The summed E-state index contributed by atoms with van der Waals surface area (Å²) in [7, 11) is 3.43. The van der Waals surface area contributed by atoms with Crippen LogP contribution >= 0.6 is 0 Å². The van der Waals surface area contributed by atoms with Crippen LogP contribution in [-0.4, -0.2) is 43.2 Å². The number of amides is 1. The number of methoxy groups -OCH3 is 1. The van der Waals surface area contributed by atoms with Gasteiger partial charge in [-0.1, -0.05) is 0 Å². The Balaban J connectivity index is 2.58. The Hall–Kier alpha value is -0.610. The van der Waals surface area contributed by atoms with Gasteiger partial charge in [-0.3, -0.25) is 4.79 Å². The van der Waals surface area contributed by atoms with Crippen LogP contribution in [0.25, 0.3) is 0 Å². The number of likely N-dealkylation sites (N-methyl/N-ethyl adjacent to an activating group) is 1. The molecule has 0 aromatic carbocycles. The second-order valence-corrected chi connectivity index (χ2v) is 4.78. The van der Waals surface area contributed by atoms with E-state index in [1.165, 1.54) is 0 Å². The van der Waals surface area contributed by atoms with Crippen molar-refractivity contribution >= 4 is 5.91 Å². The fourth-order valence-electron chi connectivity index (χ4n) is 1.79. The first-order valence-corrected chi connectivity index (χ1v) is 5.46. The van der Waals surface area contributed by atoms with Crippen LogP contribution in [0.3, 0.4) is 0 Å². The van der Waals surface area contributed by atoms with E-state index in [9.17, 15) is 4.79 Å². The van der Waals surface area contributed by atoms with Crippen molar-refractivity contribution in [3.63, 3.8) is 0 Å². The Bertz CT molecular complexity index is 237. The molecule has 0 aromatic heterocycles. The Morgan fingerprint density at radius 1 is 1.67 bits per heavy atom. The van der Waals surface area contributed by atoms with Gasteiger partial charge in [-0.15, -0.1) is 0 Å². The summed E-state index contributed by atoms with van der Waals surface area (Å²) in [5, 5.41) is 0. The Morgan fingerprint density at radius 2 is 2.20 bits per heavy atom. The minimum atomic E-state index is -0.698. The molecule has 1 rings (SSSR count). The highest BCUT2D eigenvalue weighted by Crippen LogP contribution is 2.38. The summed E-state index contributed by atoms with van der Waals surface area (Å²) < 4.78 is 5.03. The Kier molecular flexibility index (Phi) is 3.73. The second-order valence-electron chi connectivity index (χ2n) is 4.78. The van der Waals surface area contributed by atoms with Crippen molar-refractivity contribution in [3.8, 4) is 0 Å². The molecule has 0 aliphatic heterocycles. The SMILES string of the molecule is COCC(C)N(C)C(=O)C(C)(N)C1CC1. The molecule has 4 nitrogen and oxygen atoms in total. The molecule has 2 atom stereocenters. The first kappa shape index (κ1) is 12.5. The van der Waals surface area contributed by atoms with E-state index < -0.39 is 5.54 Å². The topological polar surface area (TPSA) is 55.6 Å². The molecule has 1 saturated carbocycles. The Labute approximate surface area is 91.8 Å². The van der Waals surface area contributed by atoms with Crippen LogP contribution in [0.1, 0.15) is 26.7 Å². The highest BCUT2D eigenvalue weighted by Gasteiger charge is 2.45. The highest BCUT2D eigenvalue weighted by molar-refractivity contribution is 5.86. The van der Waals surface area contributed by atoms with Gasteiger partial charge in [-0.25, -0.2) is 0 Å². The third-order valence-corrected chi connectivity index (χ3v) is 3.28. The first-order valence-electron chi connectivity index (χ1n) is 5.46. The predicted molar refractivity (Wildman–Crippen MR) is 59.4 cm³/mol. The summed E-state index contributed by atoms with van der Waals surface area (Å²) in [6, 6.07) is 0.0733. The van der Waals surface area contributed by atoms with Crippen molar-refractivity contribution in [1.82, 2.24) is 4.90 Å². The van der Waals surface area contributed by atoms with E-state index in [0.717, 1.165) is 12.8 Å². The fourth-order valence-corrected chi connectivity index (χ4v) is 1.79. The van der Waals surface area contributed by atoms with Crippen molar-refractivity contribution < 1.29 is 9.53 Å². The standard InChI is InChI=1S/C11H22N2O2/c1-8(7-15-4)13(3)10(14)11(2,12)9-5-6-9/h8-9H,5-7,12H2,1-4H3. The number of carbonyl (C=O) groups is 1. The number of hydrogen-bond acceptors (Lipinski definition) is 3. The van der Waals surface area contributed by atoms with Gasteiger partial charge in [-0.2, -0.15) is 0 Å². The highest BCUT2D eigenvalue weighted by atomic mass is 16.5. The van der Waals surface area contributed by atoms with Gasteiger partial charge in [0.15, 0.2) is 0 Å². The summed E-state index contributed by atoms with van der Waals surface area (Å²) in [6.07, 6.45) is 2.15. The van der Waals surface area contributed by atoms with E-state index in [1.54, 1.807) is 19.1 Å². The van der Waals surface area contributed by atoms with E-state index >= 15 is 0 Å². The van der Waals surface area contributed by atoms with Gasteiger partial charge in [0.05, 0.1) is 18.2 Å². The number of hydrogen-bond donors (Lipinski definition) is 1. The molecule has 1 fully saturated rings. The average Bonchev–Trinajstić information content (AvgIpc) is 2.99. The first-order chi connectivity index (χ1) is 6.91. The molecule has 0 radical (unpaired) electrons. The maximum absolute atomic E-state index is 12.1. The molecule has 1 aliphatic rings. The maximum Gasteiger partial charge on any atom is 0.242 e. The largest absolute Gasteiger partial charge is 0.383 e. The summed E-state index contributed by atoms with van der Waals surface area (Å²) >= 11 is 0. The molecule has 0 bridgehead atoms. The van der Waals surface area contributed by atoms with Crippen molar-refractivity contribution in [2.45, 2.75) is 38.3 Å². The predicted octanol–water partition coefficient (Wildman–Crippen LogP) is 0.607. The van der Waals surface area contributed by atoms with E-state index in [4.69, 9.17) is 10.5 Å². The zero-order chi connectivity index (χ0) is 11.6. The van der Waals surface area contributed by atoms with Gasteiger partial charge < -0.3 is 15.4 Å². The van der Waals surface area contributed by atoms with Gasteiger partial charge in [0.1, 0.15) is 0 Å². The van der Waals surface area contributed by atoms with Crippen molar-refractivity contribution in [2.24, 2.45) is 11.7 Å². The van der Waals surface area contributed by atoms with Crippen LogP contribution in [0, 0.1) is 5.92 Å². The van der Waals surface area contributed by atoms with Crippen LogP contribution < -0.4 is 5.73 Å². The minimum Gasteiger partial charge on any atom is -0.383 e. The molecular formula is C11H22N2O2. The number of nitrogens with two attached hydrogens (primary N) is 1. The fraction of sp³-hybridized carbons (Fsp3) is 0.909. The molecule has 1 amide bonds. The third kappa shape index (κ3) is 2.69. The summed E-state index contributed by atoms with van der Waals surface area (Å²) in [6.45, 7) is 4.34. The summed E-state index contributed by atoms with van der Waals surface area (Å²) in [4.78, 5) is 13.8. The lowest BCUT2D eigenvalue weighted by molar-refractivity contribution is -0.138.